The van der Waals surface area contributed by atoms with Gasteiger partial charge in [-0.2, -0.15) is 0 Å². The summed E-state index contributed by atoms with van der Waals surface area (Å²) in [7, 11) is 0. The second-order valence-corrected chi connectivity index (χ2v) is 6.72. The summed E-state index contributed by atoms with van der Waals surface area (Å²) in [6.07, 6.45) is 3.54. The lowest BCUT2D eigenvalue weighted by atomic mass is 10.1. The smallest absolute Gasteiger partial charge is 0.255 e. The summed E-state index contributed by atoms with van der Waals surface area (Å²) < 4.78 is 0. The molecule has 0 atom stereocenters. The highest BCUT2D eigenvalue weighted by atomic mass is 16.2. The molecule has 1 aliphatic heterocycles. The lowest BCUT2D eigenvalue weighted by Gasteiger charge is -2.37. The molecule has 1 amide bonds. The maximum atomic E-state index is 12.6. The minimum atomic E-state index is 0.0581. The maximum Gasteiger partial charge on any atom is 0.255 e. The zero-order valence-electron chi connectivity index (χ0n) is 16.0. The van der Waals surface area contributed by atoms with Crippen molar-refractivity contribution in [1.82, 2.24) is 9.88 Å². The van der Waals surface area contributed by atoms with Gasteiger partial charge in [-0.3, -0.25) is 9.78 Å². The fourth-order valence-electron chi connectivity index (χ4n) is 3.46. The average molecular weight is 352 g/mol. The first-order chi connectivity index (χ1) is 12.6. The number of hydrogen-bond acceptors (Lipinski definition) is 4. The molecule has 1 aromatic heterocycles. The first kappa shape index (κ1) is 18.2. The standard InChI is InChI=1S/C21H28N4O/c1-4-23(5-2)21(26)18-14-20(16-22-15-18)25-11-9-24(10-12-25)19-8-6-7-17(3)13-19/h6-8,13-16H,4-5,9-12H2,1-3H3. The van der Waals surface area contributed by atoms with Crippen molar-refractivity contribution in [2.45, 2.75) is 20.8 Å². The Labute approximate surface area is 156 Å². The fourth-order valence-corrected chi connectivity index (χ4v) is 3.46. The Morgan fingerprint density at radius 3 is 2.27 bits per heavy atom. The Balaban J connectivity index is 1.68. The van der Waals surface area contributed by atoms with E-state index in [-0.39, 0.29) is 5.91 Å². The quantitative estimate of drug-likeness (QED) is 0.828. The third-order valence-corrected chi connectivity index (χ3v) is 5.03. The molecule has 5 heteroatoms. The van der Waals surface area contributed by atoms with E-state index < -0.39 is 0 Å². The van der Waals surface area contributed by atoms with Gasteiger partial charge < -0.3 is 14.7 Å². The van der Waals surface area contributed by atoms with Crippen LogP contribution in [0.25, 0.3) is 0 Å². The number of aryl methyl sites for hydroxylation is 1. The number of carbonyl (C=O) groups is 1. The van der Waals surface area contributed by atoms with Gasteiger partial charge in [0.25, 0.3) is 5.91 Å². The highest BCUT2D eigenvalue weighted by molar-refractivity contribution is 5.94. The topological polar surface area (TPSA) is 39.7 Å². The Kier molecular flexibility index (Phi) is 5.76. The van der Waals surface area contributed by atoms with E-state index in [1.54, 1.807) is 6.20 Å². The summed E-state index contributed by atoms with van der Waals surface area (Å²) >= 11 is 0. The normalized spacial score (nSPS) is 14.4. The summed E-state index contributed by atoms with van der Waals surface area (Å²) in [6.45, 7) is 11.4. The monoisotopic (exact) mass is 352 g/mol. The molecule has 0 bridgehead atoms. The molecular formula is C21H28N4O. The van der Waals surface area contributed by atoms with Crippen molar-refractivity contribution in [1.29, 1.82) is 0 Å². The number of pyridine rings is 1. The molecule has 5 nitrogen and oxygen atoms in total. The molecule has 1 saturated heterocycles. The molecule has 26 heavy (non-hydrogen) atoms. The van der Waals surface area contributed by atoms with Crippen LogP contribution in [0.1, 0.15) is 29.8 Å². The van der Waals surface area contributed by atoms with E-state index in [9.17, 15) is 4.79 Å². The molecule has 0 aliphatic carbocycles. The molecule has 2 heterocycles. The van der Waals surface area contributed by atoms with Crippen molar-refractivity contribution in [2.75, 3.05) is 49.1 Å². The summed E-state index contributed by atoms with van der Waals surface area (Å²) in [5, 5.41) is 0. The van der Waals surface area contributed by atoms with Crippen molar-refractivity contribution in [2.24, 2.45) is 0 Å². The first-order valence-electron chi connectivity index (χ1n) is 9.43. The van der Waals surface area contributed by atoms with Crippen LogP contribution in [-0.2, 0) is 0 Å². The van der Waals surface area contributed by atoms with Crippen LogP contribution in [0.4, 0.5) is 11.4 Å². The molecule has 0 spiro atoms. The third-order valence-electron chi connectivity index (χ3n) is 5.03. The molecular weight excluding hydrogens is 324 g/mol. The van der Waals surface area contributed by atoms with Gasteiger partial charge in [-0.05, 0) is 44.5 Å². The minimum Gasteiger partial charge on any atom is -0.368 e. The summed E-state index contributed by atoms with van der Waals surface area (Å²) in [5.74, 6) is 0.0581. The highest BCUT2D eigenvalue weighted by Crippen LogP contribution is 2.22. The Morgan fingerprint density at radius 2 is 1.65 bits per heavy atom. The molecule has 0 radical (unpaired) electrons. The fraction of sp³-hybridized carbons (Fsp3) is 0.429. The van der Waals surface area contributed by atoms with Crippen LogP contribution >= 0.6 is 0 Å². The van der Waals surface area contributed by atoms with Crippen LogP contribution < -0.4 is 9.80 Å². The van der Waals surface area contributed by atoms with E-state index in [1.807, 2.05) is 31.0 Å². The van der Waals surface area contributed by atoms with Gasteiger partial charge in [0.1, 0.15) is 0 Å². The van der Waals surface area contributed by atoms with E-state index >= 15 is 0 Å². The SMILES string of the molecule is CCN(CC)C(=O)c1cncc(N2CCN(c3cccc(C)c3)CC2)c1. The maximum absolute atomic E-state index is 12.6. The van der Waals surface area contributed by atoms with Gasteiger partial charge in [0, 0.05) is 51.2 Å². The van der Waals surface area contributed by atoms with E-state index in [1.165, 1.54) is 11.3 Å². The Morgan fingerprint density at radius 1 is 1.00 bits per heavy atom. The number of rotatable bonds is 5. The largest absolute Gasteiger partial charge is 0.368 e. The molecule has 0 N–H and O–H groups in total. The van der Waals surface area contributed by atoms with E-state index in [4.69, 9.17) is 0 Å². The molecule has 0 saturated carbocycles. The molecule has 3 rings (SSSR count). The number of anilines is 2. The van der Waals surface area contributed by atoms with Crippen molar-refractivity contribution >= 4 is 17.3 Å². The van der Waals surface area contributed by atoms with Gasteiger partial charge >= 0.3 is 0 Å². The van der Waals surface area contributed by atoms with Gasteiger partial charge in [-0.25, -0.2) is 0 Å². The van der Waals surface area contributed by atoms with Crippen LogP contribution in [0.2, 0.25) is 0 Å². The van der Waals surface area contributed by atoms with Gasteiger partial charge in [0.05, 0.1) is 17.4 Å². The predicted molar refractivity (Wildman–Crippen MR) is 107 cm³/mol. The first-order valence-corrected chi connectivity index (χ1v) is 9.43. The van der Waals surface area contributed by atoms with Crippen LogP contribution in [-0.4, -0.2) is 55.1 Å². The van der Waals surface area contributed by atoms with Gasteiger partial charge in [-0.15, -0.1) is 0 Å². The number of aromatic nitrogens is 1. The Hall–Kier alpha value is -2.56. The molecule has 2 aromatic rings. The molecule has 1 aromatic carbocycles. The summed E-state index contributed by atoms with van der Waals surface area (Å²) in [4.78, 5) is 23.5. The zero-order chi connectivity index (χ0) is 18.5. The Bertz CT molecular complexity index is 749. The second kappa shape index (κ2) is 8.21. The van der Waals surface area contributed by atoms with Gasteiger partial charge in [-0.1, -0.05) is 12.1 Å². The number of benzene rings is 1. The van der Waals surface area contributed by atoms with Gasteiger partial charge in [0.15, 0.2) is 0 Å². The van der Waals surface area contributed by atoms with Crippen LogP contribution in [0, 0.1) is 6.92 Å². The highest BCUT2D eigenvalue weighted by Gasteiger charge is 2.20. The van der Waals surface area contributed by atoms with Crippen molar-refractivity contribution < 1.29 is 4.79 Å². The summed E-state index contributed by atoms with van der Waals surface area (Å²) in [6, 6.07) is 10.6. The number of nitrogens with zero attached hydrogens (tertiary/aromatic N) is 4. The van der Waals surface area contributed by atoms with E-state index in [0.717, 1.165) is 31.9 Å². The lowest BCUT2D eigenvalue weighted by Crippen LogP contribution is -2.46. The minimum absolute atomic E-state index is 0.0581. The number of carbonyl (C=O) groups excluding carboxylic acids is 1. The van der Waals surface area contributed by atoms with Crippen molar-refractivity contribution in [3.8, 4) is 0 Å². The lowest BCUT2D eigenvalue weighted by molar-refractivity contribution is 0.0772. The second-order valence-electron chi connectivity index (χ2n) is 6.72. The van der Waals surface area contributed by atoms with Crippen molar-refractivity contribution in [3.63, 3.8) is 0 Å². The molecule has 0 unspecified atom stereocenters. The van der Waals surface area contributed by atoms with Crippen LogP contribution in [0.15, 0.2) is 42.7 Å². The average Bonchev–Trinajstić information content (AvgIpc) is 2.69. The number of amides is 1. The predicted octanol–water partition coefficient (Wildman–Crippen LogP) is 3.20. The summed E-state index contributed by atoms with van der Waals surface area (Å²) in [5.41, 5.74) is 4.28. The van der Waals surface area contributed by atoms with Gasteiger partial charge in [0.2, 0.25) is 0 Å². The van der Waals surface area contributed by atoms with Crippen LogP contribution in [0.3, 0.4) is 0 Å². The zero-order valence-corrected chi connectivity index (χ0v) is 16.0. The molecule has 1 aliphatic rings. The van der Waals surface area contributed by atoms with E-state index in [2.05, 4.69) is 46.0 Å². The molecule has 1 fully saturated rings. The third kappa shape index (κ3) is 3.98. The van der Waals surface area contributed by atoms with Crippen LogP contribution in [0.5, 0.6) is 0 Å². The van der Waals surface area contributed by atoms with E-state index in [0.29, 0.717) is 18.7 Å². The van der Waals surface area contributed by atoms with Crippen molar-refractivity contribution in [3.05, 3.63) is 53.9 Å². The molecule has 138 valence electrons. The number of piperazine rings is 1. The number of hydrogen-bond donors (Lipinski definition) is 0.